The molecule has 0 saturated carbocycles. The summed E-state index contributed by atoms with van der Waals surface area (Å²) >= 11 is 0. The minimum Gasteiger partial charge on any atom is -0.384 e. The van der Waals surface area contributed by atoms with Gasteiger partial charge in [0, 0.05) is 54.0 Å². The number of anilines is 1. The van der Waals surface area contributed by atoms with Gasteiger partial charge in [0.15, 0.2) is 0 Å². The van der Waals surface area contributed by atoms with Crippen LogP contribution in [0, 0.1) is 6.92 Å². The first-order chi connectivity index (χ1) is 13.7. The number of nitrogens with zero attached hydrogens (tertiary/aromatic N) is 4. The predicted molar refractivity (Wildman–Crippen MR) is 119 cm³/mol. The van der Waals surface area contributed by atoms with Crippen molar-refractivity contribution in [2.45, 2.75) is 27.2 Å². The van der Waals surface area contributed by atoms with Crippen molar-refractivity contribution in [1.82, 2.24) is 19.4 Å². The van der Waals surface area contributed by atoms with Crippen molar-refractivity contribution in [3.8, 4) is 0 Å². The highest BCUT2D eigenvalue weighted by atomic mass is 15.1. The first kappa shape index (κ1) is 18.7. The lowest BCUT2D eigenvalue weighted by Gasteiger charge is -2.18. The number of rotatable bonds is 7. The molecule has 0 bridgehead atoms. The van der Waals surface area contributed by atoms with Gasteiger partial charge in [0.25, 0.3) is 0 Å². The van der Waals surface area contributed by atoms with E-state index < -0.39 is 0 Å². The Morgan fingerprint density at radius 3 is 2.68 bits per heavy atom. The van der Waals surface area contributed by atoms with Crippen molar-refractivity contribution in [2.24, 2.45) is 7.05 Å². The predicted octanol–water partition coefficient (Wildman–Crippen LogP) is 4.73. The number of hydrogen-bond donors (Lipinski definition) is 1. The molecule has 4 rings (SSSR count). The maximum atomic E-state index is 4.71. The summed E-state index contributed by atoms with van der Waals surface area (Å²) < 4.78 is 2.26. The minimum atomic E-state index is 0.962. The molecule has 0 atom stereocenters. The molecule has 0 radical (unpaired) electrons. The fraction of sp³-hybridized carbons (Fsp3) is 0.391. The van der Waals surface area contributed by atoms with Crippen molar-refractivity contribution >= 4 is 38.4 Å². The van der Waals surface area contributed by atoms with Crippen LogP contribution in [0.3, 0.4) is 0 Å². The number of nitrogens with one attached hydrogen (secondary N) is 1. The minimum absolute atomic E-state index is 0.962. The first-order valence-corrected chi connectivity index (χ1v) is 10.2. The Bertz CT molecular complexity index is 1120. The van der Waals surface area contributed by atoms with Crippen LogP contribution < -0.4 is 5.32 Å². The lowest BCUT2D eigenvalue weighted by atomic mass is 10.0. The third-order valence-corrected chi connectivity index (χ3v) is 5.89. The highest BCUT2D eigenvalue weighted by Gasteiger charge is 2.15. The average molecular weight is 376 g/mol. The molecule has 0 aliphatic carbocycles. The maximum Gasteiger partial charge on any atom is 0.0773 e. The molecule has 0 spiro atoms. The summed E-state index contributed by atoms with van der Waals surface area (Å²) in [5, 5.41) is 7.28. The molecule has 0 fully saturated rings. The zero-order valence-electron chi connectivity index (χ0n) is 17.3. The zero-order chi connectivity index (χ0) is 19.7. The van der Waals surface area contributed by atoms with Crippen LogP contribution in [0.1, 0.15) is 25.8 Å². The van der Waals surface area contributed by atoms with Crippen LogP contribution >= 0.6 is 0 Å². The molecule has 5 nitrogen and oxygen atoms in total. The van der Waals surface area contributed by atoms with Gasteiger partial charge in [0.2, 0.25) is 0 Å². The van der Waals surface area contributed by atoms with E-state index in [2.05, 4.69) is 65.8 Å². The van der Waals surface area contributed by atoms with Gasteiger partial charge in [-0.05, 0) is 56.7 Å². The summed E-state index contributed by atoms with van der Waals surface area (Å²) in [6.07, 6.45) is 6.87. The van der Waals surface area contributed by atoms with Crippen LogP contribution in [-0.4, -0.2) is 45.6 Å². The van der Waals surface area contributed by atoms with Crippen molar-refractivity contribution in [1.29, 1.82) is 0 Å². The van der Waals surface area contributed by atoms with E-state index in [1.807, 2.05) is 18.6 Å². The second-order valence-electron chi connectivity index (χ2n) is 7.41. The van der Waals surface area contributed by atoms with Gasteiger partial charge in [-0.2, -0.15) is 0 Å². The first-order valence-electron chi connectivity index (χ1n) is 10.2. The summed E-state index contributed by atoms with van der Waals surface area (Å²) in [5.41, 5.74) is 5.90. The van der Waals surface area contributed by atoms with Gasteiger partial charge in [-0.25, -0.2) is 0 Å². The Hall–Kier alpha value is -2.66. The second kappa shape index (κ2) is 7.76. The van der Waals surface area contributed by atoms with Gasteiger partial charge < -0.3 is 14.8 Å². The van der Waals surface area contributed by atoms with Crippen LogP contribution in [0.4, 0.5) is 5.69 Å². The molecule has 5 heteroatoms. The van der Waals surface area contributed by atoms with E-state index in [0.717, 1.165) is 43.8 Å². The Labute approximate surface area is 166 Å². The average Bonchev–Trinajstić information content (AvgIpc) is 3.01. The van der Waals surface area contributed by atoms with Gasteiger partial charge in [-0.3, -0.25) is 9.97 Å². The molecule has 1 aromatic carbocycles. The van der Waals surface area contributed by atoms with Crippen molar-refractivity contribution in [2.75, 3.05) is 31.5 Å². The van der Waals surface area contributed by atoms with E-state index in [4.69, 9.17) is 4.98 Å². The Morgan fingerprint density at radius 1 is 1.07 bits per heavy atom. The smallest absolute Gasteiger partial charge is 0.0773 e. The molecule has 28 heavy (non-hydrogen) atoms. The molecule has 1 N–H and O–H groups in total. The van der Waals surface area contributed by atoms with E-state index in [1.165, 1.54) is 32.8 Å². The zero-order valence-corrected chi connectivity index (χ0v) is 17.3. The third kappa shape index (κ3) is 3.10. The number of fused-ring (bicyclic) bond motifs is 4. The largest absolute Gasteiger partial charge is 0.384 e. The van der Waals surface area contributed by atoms with Crippen LogP contribution in [-0.2, 0) is 7.05 Å². The lowest BCUT2D eigenvalue weighted by molar-refractivity contribution is 0.303. The standard InChI is InChI=1S/C23H29N5/c1-5-28(6-2)13-7-10-25-20-8-12-26-22-16(3)23-17(14-18(20)22)19-15-24-11-9-21(19)27(23)4/h8-9,11-12,14-15H,5-7,10,13H2,1-4H3,(H,25,26). The Balaban J connectivity index is 1.74. The molecular weight excluding hydrogens is 346 g/mol. The Kier molecular flexibility index (Phi) is 5.18. The van der Waals surface area contributed by atoms with E-state index in [-0.39, 0.29) is 0 Å². The highest BCUT2D eigenvalue weighted by Crippen LogP contribution is 2.36. The molecule has 0 amide bonds. The Morgan fingerprint density at radius 2 is 1.89 bits per heavy atom. The molecule has 0 aliphatic rings. The van der Waals surface area contributed by atoms with E-state index in [1.54, 1.807) is 0 Å². The van der Waals surface area contributed by atoms with Gasteiger partial charge in [-0.15, -0.1) is 0 Å². The molecule has 0 saturated heterocycles. The van der Waals surface area contributed by atoms with Crippen molar-refractivity contribution in [3.05, 3.63) is 42.4 Å². The molecule has 146 valence electrons. The van der Waals surface area contributed by atoms with Crippen LogP contribution in [0.15, 0.2) is 36.8 Å². The number of benzene rings is 1. The molecular formula is C23H29N5. The van der Waals surface area contributed by atoms with E-state index >= 15 is 0 Å². The van der Waals surface area contributed by atoms with Gasteiger partial charge >= 0.3 is 0 Å². The van der Waals surface area contributed by atoms with Crippen LogP contribution in [0.25, 0.3) is 32.7 Å². The normalized spacial score (nSPS) is 11.9. The number of aryl methyl sites for hydroxylation is 2. The highest BCUT2D eigenvalue weighted by molar-refractivity contribution is 6.15. The number of aromatic nitrogens is 3. The summed E-state index contributed by atoms with van der Waals surface area (Å²) in [5.74, 6) is 0. The number of pyridine rings is 2. The summed E-state index contributed by atoms with van der Waals surface area (Å²) in [6, 6.07) is 6.45. The lowest BCUT2D eigenvalue weighted by Crippen LogP contribution is -2.25. The topological polar surface area (TPSA) is 46.0 Å². The fourth-order valence-corrected chi connectivity index (χ4v) is 4.31. The number of hydrogen-bond acceptors (Lipinski definition) is 4. The third-order valence-electron chi connectivity index (χ3n) is 5.89. The summed E-state index contributed by atoms with van der Waals surface area (Å²) in [6.45, 7) is 10.9. The SMILES string of the molecule is CCN(CC)CCCNc1ccnc2c(C)c3c(cc12)c1cnccc1n3C. The quantitative estimate of drug-likeness (QED) is 0.475. The maximum absolute atomic E-state index is 4.71. The second-order valence-corrected chi connectivity index (χ2v) is 7.41. The van der Waals surface area contributed by atoms with Gasteiger partial charge in [0.1, 0.15) is 0 Å². The fourth-order valence-electron chi connectivity index (χ4n) is 4.31. The van der Waals surface area contributed by atoms with Crippen LogP contribution in [0.2, 0.25) is 0 Å². The molecule has 3 heterocycles. The van der Waals surface area contributed by atoms with Crippen LogP contribution in [0.5, 0.6) is 0 Å². The molecule has 0 unspecified atom stereocenters. The summed E-state index contributed by atoms with van der Waals surface area (Å²) in [4.78, 5) is 11.5. The molecule has 4 aromatic rings. The van der Waals surface area contributed by atoms with Crippen molar-refractivity contribution < 1.29 is 0 Å². The van der Waals surface area contributed by atoms with E-state index in [9.17, 15) is 0 Å². The van der Waals surface area contributed by atoms with E-state index in [0.29, 0.717) is 0 Å². The van der Waals surface area contributed by atoms with Gasteiger partial charge in [-0.1, -0.05) is 13.8 Å². The molecule has 0 aliphatic heterocycles. The molecule has 3 aromatic heterocycles. The van der Waals surface area contributed by atoms with Crippen molar-refractivity contribution in [3.63, 3.8) is 0 Å². The summed E-state index contributed by atoms with van der Waals surface area (Å²) in [7, 11) is 2.12. The monoisotopic (exact) mass is 375 g/mol. The van der Waals surface area contributed by atoms with Gasteiger partial charge in [0.05, 0.1) is 16.6 Å².